The van der Waals surface area contributed by atoms with Gasteiger partial charge in [-0.1, -0.05) is 30.7 Å². The van der Waals surface area contributed by atoms with Crippen molar-refractivity contribution in [2.24, 2.45) is 5.41 Å². The second-order valence-corrected chi connectivity index (χ2v) is 7.91. The number of ether oxygens (including phenoxy) is 1. The summed E-state index contributed by atoms with van der Waals surface area (Å²) in [6, 6.07) is 9.90. The van der Waals surface area contributed by atoms with Crippen molar-refractivity contribution in [2.75, 3.05) is 26.8 Å². The van der Waals surface area contributed by atoms with Gasteiger partial charge in [0.05, 0.1) is 6.61 Å². The van der Waals surface area contributed by atoms with Crippen LogP contribution < -0.4 is 5.32 Å². The van der Waals surface area contributed by atoms with Crippen LogP contribution in [0, 0.1) is 5.41 Å². The van der Waals surface area contributed by atoms with Crippen LogP contribution in [0.2, 0.25) is 0 Å². The molecule has 2 aromatic rings. The Morgan fingerprint density at radius 3 is 3.04 bits per heavy atom. The van der Waals surface area contributed by atoms with Crippen molar-refractivity contribution in [3.05, 3.63) is 42.2 Å². The molecule has 0 bridgehead atoms. The first kappa shape index (κ1) is 18.9. The van der Waals surface area contributed by atoms with Gasteiger partial charge in [0.25, 0.3) is 5.91 Å². The molecule has 28 heavy (non-hydrogen) atoms. The van der Waals surface area contributed by atoms with Gasteiger partial charge in [-0.3, -0.25) is 14.6 Å². The van der Waals surface area contributed by atoms with E-state index in [1.165, 1.54) is 0 Å². The Hall–Kier alpha value is -2.47. The lowest BCUT2D eigenvalue weighted by molar-refractivity contribution is -0.142. The summed E-state index contributed by atoms with van der Waals surface area (Å²) in [4.78, 5) is 31.7. The van der Waals surface area contributed by atoms with Crippen LogP contribution in [-0.2, 0) is 9.53 Å². The van der Waals surface area contributed by atoms with Gasteiger partial charge in [0.1, 0.15) is 5.69 Å². The predicted octanol–water partition coefficient (Wildman–Crippen LogP) is 2.77. The summed E-state index contributed by atoms with van der Waals surface area (Å²) in [5.74, 6) is 0.0683. The average molecular weight is 381 g/mol. The Labute approximate surface area is 165 Å². The van der Waals surface area contributed by atoms with E-state index in [1.54, 1.807) is 13.3 Å². The normalized spacial score (nSPS) is 24.4. The first-order chi connectivity index (χ1) is 13.6. The van der Waals surface area contributed by atoms with Crippen molar-refractivity contribution >= 4 is 22.6 Å². The molecule has 4 rings (SSSR count). The fraction of sp³-hybridized carbons (Fsp3) is 0.500. The molecule has 148 valence electrons. The number of benzene rings is 1. The highest BCUT2D eigenvalue weighted by atomic mass is 16.5. The van der Waals surface area contributed by atoms with E-state index in [9.17, 15) is 9.59 Å². The number of methoxy groups -OCH3 is 1. The molecule has 2 atom stereocenters. The van der Waals surface area contributed by atoms with E-state index in [4.69, 9.17) is 4.74 Å². The van der Waals surface area contributed by atoms with Gasteiger partial charge in [-0.15, -0.1) is 0 Å². The number of pyridine rings is 1. The monoisotopic (exact) mass is 381 g/mol. The Balaban J connectivity index is 1.51. The molecule has 1 aromatic heterocycles. The van der Waals surface area contributed by atoms with Gasteiger partial charge in [-0.2, -0.15) is 0 Å². The zero-order valence-corrected chi connectivity index (χ0v) is 16.3. The summed E-state index contributed by atoms with van der Waals surface area (Å²) in [6.45, 7) is 1.75. The van der Waals surface area contributed by atoms with Crippen molar-refractivity contribution in [1.29, 1.82) is 0 Å². The SMILES string of the molecule is COCCN1C(=O)CC[C@]2(CNC(=O)c3nccc4ccccc34)CCC[C@@H]12. The molecule has 1 N–H and O–H groups in total. The van der Waals surface area contributed by atoms with Crippen LogP contribution >= 0.6 is 0 Å². The molecule has 2 aliphatic rings. The number of piperidine rings is 1. The van der Waals surface area contributed by atoms with Crippen molar-refractivity contribution in [3.63, 3.8) is 0 Å². The first-order valence-corrected chi connectivity index (χ1v) is 10.0. The van der Waals surface area contributed by atoms with Crippen LogP contribution in [0.1, 0.15) is 42.6 Å². The minimum Gasteiger partial charge on any atom is -0.383 e. The Morgan fingerprint density at radius 1 is 1.32 bits per heavy atom. The van der Waals surface area contributed by atoms with E-state index in [0.717, 1.165) is 36.5 Å². The topological polar surface area (TPSA) is 71.5 Å². The Morgan fingerprint density at radius 2 is 2.18 bits per heavy atom. The Kier molecular flexibility index (Phi) is 5.31. The number of hydrogen-bond acceptors (Lipinski definition) is 4. The third-order valence-corrected chi connectivity index (χ3v) is 6.42. The molecular weight excluding hydrogens is 354 g/mol. The van der Waals surface area contributed by atoms with Gasteiger partial charge in [0, 0.05) is 49.7 Å². The van der Waals surface area contributed by atoms with Gasteiger partial charge in [0.2, 0.25) is 5.91 Å². The quantitative estimate of drug-likeness (QED) is 0.835. The van der Waals surface area contributed by atoms with E-state index in [2.05, 4.69) is 10.3 Å². The maximum Gasteiger partial charge on any atom is 0.270 e. The smallest absolute Gasteiger partial charge is 0.270 e. The average Bonchev–Trinajstić information content (AvgIpc) is 3.15. The van der Waals surface area contributed by atoms with Gasteiger partial charge >= 0.3 is 0 Å². The molecule has 6 heteroatoms. The molecule has 6 nitrogen and oxygen atoms in total. The molecule has 0 radical (unpaired) electrons. The largest absolute Gasteiger partial charge is 0.383 e. The lowest BCUT2D eigenvalue weighted by Gasteiger charge is -2.46. The number of nitrogens with one attached hydrogen (secondary N) is 1. The van der Waals surface area contributed by atoms with Crippen molar-refractivity contribution < 1.29 is 14.3 Å². The summed E-state index contributed by atoms with van der Waals surface area (Å²) >= 11 is 0. The second-order valence-electron chi connectivity index (χ2n) is 7.91. The van der Waals surface area contributed by atoms with Crippen molar-refractivity contribution in [3.8, 4) is 0 Å². The minimum absolute atomic E-state index is 0.0398. The number of carbonyl (C=O) groups excluding carboxylic acids is 2. The summed E-state index contributed by atoms with van der Waals surface area (Å²) in [7, 11) is 1.66. The molecule has 0 unspecified atom stereocenters. The number of carbonyl (C=O) groups is 2. The zero-order valence-electron chi connectivity index (χ0n) is 16.3. The number of rotatable bonds is 6. The number of likely N-dealkylation sites (tertiary alicyclic amines) is 1. The van der Waals surface area contributed by atoms with Crippen LogP contribution in [-0.4, -0.2) is 54.5 Å². The molecule has 1 aliphatic carbocycles. The second kappa shape index (κ2) is 7.87. The molecular formula is C22H27N3O3. The van der Waals surface area contributed by atoms with Crippen LogP contribution in [0.15, 0.2) is 36.5 Å². The van der Waals surface area contributed by atoms with Crippen LogP contribution in [0.4, 0.5) is 0 Å². The number of nitrogens with zero attached hydrogens (tertiary/aromatic N) is 2. The van der Waals surface area contributed by atoms with Crippen LogP contribution in [0.25, 0.3) is 10.8 Å². The molecule has 2 fully saturated rings. The number of hydrogen-bond donors (Lipinski definition) is 1. The van der Waals surface area contributed by atoms with Crippen LogP contribution in [0.3, 0.4) is 0 Å². The number of amides is 2. The lowest BCUT2D eigenvalue weighted by atomic mass is 9.74. The van der Waals surface area contributed by atoms with E-state index >= 15 is 0 Å². The minimum atomic E-state index is -0.142. The zero-order chi connectivity index (χ0) is 19.6. The molecule has 1 aromatic carbocycles. The highest BCUT2D eigenvalue weighted by molar-refractivity contribution is 6.05. The molecule has 1 aliphatic heterocycles. The molecule has 0 spiro atoms. The molecule has 2 heterocycles. The fourth-order valence-corrected chi connectivity index (χ4v) is 4.98. The maximum atomic E-state index is 12.9. The van der Waals surface area contributed by atoms with Gasteiger partial charge in [0.15, 0.2) is 0 Å². The third kappa shape index (κ3) is 3.37. The predicted molar refractivity (Wildman–Crippen MR) is 107 cm³/mol. The summed E-state index contributed by atoms with van der Waals surface area (Å²) in [6.07, 6.45) is 6.19. The van der Waals surface area contributed by atoms with Crippen LogP contribution in [0.5, 0.6) is 0 Å². The van der Waals surface area contributed by atoms with E-state index in [-0.39, 0.29) is 23.3 Å². The highest BCUT2D eigenvalue weighted by Gasteiger charge is 2.50. The number of fused-ring (bicyclic) bond motifs is 2. The highest BCUT2D eigenvalue weighted by Crippen LogP contribution is 2.47. The first-order valence-electron chi connectivity index (χ1n) is 10.0. The van der Waals surface area contributed by atoms with Crippen molar-refractivity contribution in [1.82, 2.24) is 15.2 Å². The van der Waals surface area contributed by atoms with E-state index in [1.807, 2.05) is 35.2 Å². The van der Waals surface area contributed by atoms with Gasteiger partial charge < -0.3 is 15.0 Å². The summed E-state index contributed by atoms with van der Waals surface area (Å²) in [5, 5.41) is 5.02. The fourth-order valence-electron chi connectivity index (χ4n) is 4.98. The standard InChI is InChI=1S/C22H27N3O3/c1-28-14-13-25-18-7-4-10-22(18,11-8-19(25)26)15-24-21(27)20-17-6-3-2-5-16(17)9-12-23-20/h2-3,5-6,9,12,18H,4,7-8,10-11,13-15H2,1H3,(H,24,27)/t18-,22+/m1/s1. The molecule has 1 saturated heterocycles. The van der Waals surface area contributed by atoms with E-state index in [0.29, 0.717) is 31.8 Å². The van der Waals surface area contributed by atoms with Gasteiger partial charge in [-0.05, 0) is 30.7 Å². The lowest BCUT2D eigenvalue weighted by Crippen LogP contribution is -2.56. The summed E-state index contributed by atoms with van der Waals surface area (Å²) in [5.41, 5.74) is 0.425. The molecule has 1 saturated carbocycles. The maximum absolute atomic E-state index is 12.9. The van der Waals surface area contributed by atoms with Crippen molar-refractivity contribution in [2.45, 2.75) is 38.1 Å². The van der Waals surface area contributed by atoms with E-state index < -0.39 is 0 Å². The Bertz CT molecular complexity index is 879. The molecule has 2 amide bonds. The third-order valence-electron chi connectivity index (χ3n) is 6.42. The summed E-state index contributed by atoms with van der Waals surface area (Å²) < 4.78 is 5.20. The van der Waals surface area contributed by atoms with Gasteiger partial charge in [-0.25, -0.2) is 0 Å². The number of aromatic nitrogens is 1.